The van der Waals surface area contributed by atoms with Gasteiger partial charge in [-0.05, 0) is 45.0 Å². The Bertz CT molecular complexity index is 526. The molecule has 0 unspecified atom stereocenters. The molecule has 5 nitrogen and oxygen atoms in total. The molecule has 0 atom stereocenters. The number of rotatable bonds is 4. The van der Waals surface area contributed by atoms with E-state index in [9.17, 15) is 0 Å². The van der Waals surface area contributed by atoms with Gasteiger partial charge in [-0.1, -0.05) is 5.16 Å². The topological polar surface area (TPSA) is 74.2 Å². The van der Waals surface area contributed by atoms with E-state index in [-0.39, 0.29) is 5.60 Å². The van der Waals surface area contributed by atoms with Crippen molar-refractivity contribution < 1.29 is 9.26 Å². The van der Waals surface area contributed by atoms with E-state index in [1.807, 2.05) is 45.0 Å². The first-order valence-corrected chi connectivity index (χ1v) is 6.30. The smallest absolute Gasteiger partial charge is 0.228 e. The molecule has 0 saturated carbocycles. The molecule has 1 aromatic heterocycles. The van der Waals surface area contributed by atoms with Crippen LogP contribution in [0.2, 0.25) is 0 Å². The number of benzene rings is 1. The van der Waals surface area contributed by atoms with Crippen molar-refractivity contribution in [3.8, 4) is 17.1 Å². The Kier molecular flexibility index (Phi) is 3.85. The summed E-state index contributed by atoms with van der Waals surface area (Å²) in [5.41, 5.74) is 6.13. The number of ether oxygens (including phenoxy) is 1. The summed E-state index contributed by atoms with van der Waals surface area (Å²) in [6, 6.07) is 7.63. The van der Waals surface area contributed by atoms with Crippen LogP contribution in [0.5, 0.6) is 5.75 Å². The molecular weight excluding hydrogens is 242 g/mol. The Morgan fingerprint density at radius 1 is 1.21 bits per heavy atom. The molecular formula is C14H19N3O2. The van der Waals surface area contributed by atoms with Gasteiger partial charge in [0.1, 0.15) is 11.4 Å². The lowest BCUT2D eigenvalue weighted by molar-refractivity contribution is 0.131. The van der Waals surface area contributed by atoms with E-state index in [1.165, 1.54) is 0 Å². The second kappa shape index (κ2) is 5.40. The Labute approximate surface area is 112 Å². The van der Waals surface area contributed by atoms with Crippen LogP contribution < -0.4 is 10.5 Å². The number of nitrogens with two attached hydrogens (primary N) is 1. The van der Waals surface area contributed by atoms with Crippen LogP contribution in [0.15, 0.2) is 28.8 Å². The highest BCUT2D eigenvalue weighted by molar-refractivity contribution is 5.55. The van der Waals surface area contributed by atoms with Crippen LogP contribution in [-0.4, -0.2) is 22.3 Å². The Morgan fingerprint density at radius 3 is 2.47 bits per heavy atom. The van der Waals surface area contributed by atoms with Gasteiger partial charge in [-0.3, -0.25) is 0 Å². The molecule has 0 radical (unpaired) electrons. The fraction of sp³-hybridized carbons (Fsp3) is 0.429. The summed E-state index contributed by atoms with van der Waals surface area (Å²) in [6.45, 7) is 6.54. The molecule has 1 aromatic carbocycles. The number of aromatic nitrogens is 2. The summed E-state index contributed by atoms with van der Waals surface area (Å²) in [6.07, 6.45) is 0.595. The summed E-state index contributed by atoms with van der Waals surface area (Å²) in [7, 11) is 0. The average Bonchev–Trinajstić information content (AvgIpc) is 2.77. The van der Waals surface area contributed by atoms with Crippen molar-refractivity contribution in [2.75, 3.05) is 6.54 Å². The minimum absolute atomic E-state index is 0.206. The maximum absolute atomic E-state index is 5.76. The predicted octanol–water partition coefficient (Wildman–Crippen LogP) is 2.42. The van der Waals surface area contributed by atoms with Gasteiger partial charge in [-0.25, -0.2) is 0 Å². The first kappa shape index (κ1) is 13.5. The third kappa shape index (κ3) is 3.79. The molecule has 0 aliphatic heterocycles. The van der Waals surface area contributed by atoms with Crippen LogP contribution in [0.4, 0.5) is 0 Å². The van der Waals surface area contributed by atoms with E-state index < -0.39 is 0 Å². The third-order valence-corrected chi connectivity index (χ3v) is 2.36. The summed E-state index contributed by atoms with van der Waals surface area (Å²) >= 11 is 0. The van der Waals surface area contributed by atoms with Gasteiger partial charge < -0.3 is 15.0 Å². The zero-order valence-electron chi connectivity index (χ0n) is 11.5. The van der Waals surface area contributed by atoms with Crippen LogP contribution in [-0.2, 0) is 6.42 Å². The molecule has 0 fully saturated rings. The normalized spacial score (nSPS) is 11.6. The van der Waals surface area contributed by atoms with E-state index in [2.05, 4.69) is 10.1 Å². The van der Waals surface area contributed by atoms with Crippen molar-refractivity contribution in [3.63, 3.8) is 0 Å². The lowest BCUT2D eigenvalue weighted by Gasteiger charge is -2.21. The van der Waals surface area contributed by atoms with E-state index in [1.54, 1.807) is 0 Å². The van der Waals surface area contributed by atoms with Gasteiger partial charge >= 0.3 is 0 Å². The molecule has 2 aromatic rings. The molecule has 2 N–H and O–H groups in total. The zero-order valence-corrected chi connectivity index (χ0v) is 11.5. The minimum atomic E-state index is -0.206. The lowest BCUT2D eigenvalue weighted by atomic mass is 10.1. The van der Waals surface area contributed by atoms with Gasteiger partial charge in [-0.2, -0.15) is 4.98 Å². The highest BCUT2D eigenvalue weighted by Gasteiger charge is 2.12. The second-order valence-corrected chi connectivity index (χ2v) is 5.29. The monoisotopic (exact) mass is 261 g/mol. The number of hydrogen-bond donors (Lipinski definition) is 1. The fourth-order valence-corrected chi connectivity index (χ4v) is 1.62. The van der Waals surface area contributed by atoms with Gasteiger partial charge in [0.25, 0.3) is 0 Å². The Hall–Kier alpha value is -1.88. The molecule has 102 valence electrons. The maximum Gasteiger partial charge on any atom is 0.228 e. The van der Waals surface area contributed by atoms with Crippen LogP contribution in [0, 0.1) is 0 Å². The molecule has 0 aliphatic carbocycles. The first-order valence-electron chi connectivity index (χ1n) is 6.30. The highest BCUT2D eigenvalue weighted by atomic mass is 16.5. The van der Waals surface area contributed by atoms with Crippen LogP contribution in [0.3, 0.4) is 0 Å². The van der Waals surface area contributed by atoms with Crippen LogP contribution >= 0.6 is 0 Å². The Balaban J connectivity index is 2.13. The molecule has 0 bridgehead atoms. The summed E-state index contributed by atoms with van der Waals surface area (Å²) < 4.78 is 10.9. The molecule has 0 spiro atoms. The van der Waals surface area contributed by atoms with E-state index in [0.717, 1.165) is 11.3 Å². The minimum Gasteiger partial charge on any atom is -0.488 e. The predicted molar refractivity (Wildman–Crippen MR) is 72.9 cm³/mol. The summed E-state index contributed by atoms with van der Waals surface area (Å²) in [5, 5.41) is 3.93. The zero-order chi connectivity index (χ0) is 13.9. The van der Waals surface area contributed by atoms with Crippen LogP contribution in [0.1, 0.15) is 26.7 Å². The van der Waals surface area contributed by atoms with E-state index in [0.29, 0.717) is 24.7 Å². The Morgan fingerprint density at radius 2 is 1.89 bits per heavy atom. The number of hydrogen-bond acceptors (Lipinski definition) is 5. The molecule has 0 saturated heterocycles. The molecule has 19 heavy (non-hydrogen) atoms. The molecule has 0 aliphatic rings. The summed E-state index contributed by atoms with van der Waals surface area (Å²) in [4.78, 5) is 4.28. The van der Waals surface area contributed by atoms with Crippen molar-refractivity contribution >= 4 is 0 Å². The molecule has 2 rings (SSSR count). The largest absolute Gasteiger partial charge is 0.488 e. The van der Waals surface area contributed by atoms with Gasteiger partial charge in [0.2, 0.25) is 11.7 Å². The van der Waals surface area contributed by atoms with E-state index >= 15 is 0 Å². The summed E-state index contributed by atoms with van der Waals surface area (Å²) in [5.74, 6) is 1.96. The van der Waals surface area contributed by atoms with Gasteiger partial charge in [0.05, 0.1) is 0 Å². The van der Waals surface area contributed by atoms with Crippen molar-refractivity contribution in [3.05, 3.63) is 30.2 Å². The fourth-order valence-electron chi connectivity index (χ4n) is 1.62. The van der Waals surface area contributed by atoms with Crippen molar-refractivity contribution in [1.29, 1.82) is 0 Å². The maximum atomic E-state index is 5.76. The second-order valence-electron chi connectivity index (χ2n) is 5.29. The molecule has 5 heteroatoms. The standard InChI is InChI=1S/C14H19N3O2/c1-14(2,3)18-11-6-4-10(5-7-11)13-16-12(8-9-15)19-17-13/h4-7H,8-9,15H2,1-3H3. The van der Waals surface area contributed by atoms with Crippen molar-refractivity contribution in [1.82, 2.24) is 10.1 Å². The quantitative estimate of drug-likeness (QED) is 0.914. The van der Waals surface area contributed by atoms with Gasteiger partial charge in [0, 0.05) is 18.5 Å². The number of nitrogens with zero attached hydrogens (tertiary/aromatic N) is 2. The van der Waals surface area contributed by atoms with Gasteiger partial charge in [-0.15, -0.1) is 0 Å². The molecule has 0 amide bonds. The van der Waals surface area contributed by atoms with Crippen molar-refractivity contribution in [2.24, 2.45) is 5.73 Å². The van der Waals surface area contributed by atoms with Crippen molar-refractivity contribution in [2.45, 2.75) is 32.8 Å². The highest BCUT2D eigenvalue weighted by Crippen LogP contribution is 2.22. The van der Waals surface area contributed by atoms with E-state index in [4.69, 9.17) is 15.0 Å². The third-order valence-electron chi connectivity index (χ3n) is 2.36. The average molecular weight is 261 g/mol. The SMILES string of the molecule is CC(C)(C)Oc1ccc(-c2noc(CCN)n2)cc1. The first-order chi connectivity index (χ1) is 8.98. The van der Waals surface area contributed by atoms with Crippen LogP contribution in [0.25, 0.3) is 11.4 Å². The lowest BCUT2D eigenvalue weighted by Crippen LogP contribution is -2.22. The van der Waals surface area contributed by atoms with Gasteiger partial charge in [0.15, 0.2) is 0 Å². The molecule has 1 heterocycles.